The summed E-state index contributed by atoms with van der Waals surface area (Å²) in [5.74, 6) is -0.232. The average Bonchev–Trinajstić information content (AvgIpc) is 2.31. The smallest absolute Gasteiger partial charge is 0.238 e. The molecule has 6 heteroatoms. The molecule has 0 heterocycles. The van der Waals surface area contributed by atoms with Crippen LogP contribution in [0.3, 0.4) is 0 Å². The van der Waals surface area contributed by atoms with Crippen LogP contribution < -0.4 is 10.6 Å². The van der Waals surface area contributed by atoms with Crippen molar-refractivity contribution >= 4 is 23.4 Å². The van der Waals surface area contributed by atoms with Gasteiger partial charge in [-0.3, -0.25) is 4.79 Å². The molecule has 0 aliphatic carbocycles. The fraction of sp³-hybridized carbons (Fsp3) is 0.462. The summed E-state index contributed by atoms with van der Waals surface area (Å²) < 4.78 is 13.3. The van der Waals surface area contributed by atoms with E-state index >= 15 is 0 Å². The number of hydrogen-bond donors (Lipinski definition) is 3. The predicted molar refractivity (Wildman–Crippen MR) is 76.9 cm³/mol. The molecule has 106 valence electrons. The number of anilines is 1. The number of para-hydroxylation sites is 1. The van der Waals surface area contributed by atoms with Crippen LogP contribution in [-0.2, 0) is 4.79 Å². The van der Waals surface area contributed by atoms with Crippen molar-refractivity contribution in [1.29, 1.82) is 0 Å². The first kappa shape index (κ1) is 15.9. The van der Waals surface area contributed by atoms with E-state index in [0.29, 0.717) is 12.3 Å². The molecule has 1 atom stereocenters. The third kappa shape index (κ3) is 6.04. The molecular formula is C13H19FN2O2S. The minimum absolute atomic E-state index is 0.0267. The molecule has 0 saturated heterocycles. The number of hydrogen-bond acceptors (Lipinski definition) is 4. The quantitative estimate of drug-likeness (QED) is 0.710. The second kappa shape index (κ2) is 7.47. The van der Waals surface area contributed by atoms with Gasteiger partial charge in [0, 0.05) is 12.3 Å². The Labute approximate surface area is 116 Å². The maximum atomic E-state index is 13.3. The van der Waals surface area contributed by atoms with E-state index in [1.54, 1.807) is 19.1 Å². The average molecular weight is 286 g/mol. The molecule has 1 rings (SSSR count). The number of carbonyl (C=O) groups excluding carboxylic acids is 1. The summed E-state index contributed by atoms with van der Waals surface area (Å²) in [7, 11) is 0. The van der Waals surface area contributed by atoms with Gasteiger partial charge < -0.3 is 15.7 Å². The van der Waals surface area contributed by atoms with Crippen LogP contribution in [0.15, 0.2) is 24.3 Å². The summed E-state index contributed by atoms with van der Waals surface area (Å²) in [5, 5.41) is 15.2. The molecule has 0 aliphatic rings. The lowest BCUT2D eigenvalue weighted by Gasteiger charge is -2.22. The van der Waals surface area contributed by atoms with Gasteiger partial charge in [0.2, 0.25) is 5.91 Å². The van der Waals surface area contributed by atoms with E-state index in [9.17, 15) is 14.3 Å². The zero-order valence-electron chi connectivity index (χ0n) is 11.1. The number of nitrogens with one attached hydrogen (secondary N) is 2. The van der Waals surface area contributed by atoms with Gasteiger partial charge in [-0.05, 0) is 25.3 Å². The second-order valence-corrected chi connectivity index (χ2v) is 5.43. The summed E-state index contributed by atoms with van der Waals surface area (Å²) in [6.07, 6.45) is 1.90. The van der Waals surface area contributed by atoms with Crippen molar-refractivity contribution in [2.75, 3.05) is 30.4 Å². The van der Waals surface area contributed by atoms with Crippen molar-refractivity contribution in [3.05, 3.63) is 30.1 Å². The van der Waals surface area contributed by atoms with Gasteiger partial charge >= 0.3 is 0 Å². The molecule has 0 aromatic heterocycles. The van der Waals surface area contributed by atoms with Gasteiger partial charge in [-0.25, -0.2) is 4.39 Å². The topological polar surface area (TPSA) is 61.4 Å². The number of aliphatic hydroxyl groups is 1. The number of halogens is 1. The van der Waals surface area contributed by atoms with Crippen LogP contribution >= 0.6 is 11.8 Å². The standard InChI is InChI=1S/C13H19FN2O2S/c1-13(18,9-19-2)8-15-7-12(17)16-11-6-4-3-5-10(11)14/h3-6,15,18H,7-9H2,1-2H3,(H,16,17). The van der Waals surface area contributed by atoms with Crippen molar-refractivity contribution in [3.8, 4) is 0 Å². The first-order chi connectivity index (χ1) is 8.94. The zero-order valence-corrected chi connectivity index (χ0v) is 11.9. The van der Waals surface area contributed by atoms with Crippen LogP contribution in [0.2, 0.25) is 0 Å². The van der Waals surface area contributed by atoms with E-state index in [-0.39, 0.29) is 18.1 Å². The Hall–Kier alpha value is -1.11. The summed E-state index contributed by atoms with van der Waals surface area (Å²) in [6, 6.07) is 5.99. The number of thioether (sulfide) groups is 1. The monoisotopic (exact) mass is 286 g/mol. The number of carbonyl (C=O) groups is 1. The van der Waals surface area contributed by atoms with Crippen molar-refractivity contribution in [3.63, 3.8) is 0 Å². The van der Waals surface area contributed by atoms with E-state index in [2.05, 4.69) is 10.6 Å². The fourth-order valence-electron chi connectivity index (χ4n) is 1.56. The first-order valence-corrected chi connectivity index (χ1v) is 7.30. The summed E-state index contributed by atoms with van der Waals surface area (Å²) in [4.78, 5) is 11.6. The molecule has 0 radical (unpaired) electrons. The molecule has 1 aromatic carbocycles. The van der Waals surface area contributed by atoms with Gasteiger partial charge in [0.25, 0.3) is 0 Å². The van der Waals surface area contributed by atoms with Gasteiger partial charge in [0.1, 0.15) is 5.82 Å². The van der Waals surface area contributed by atoms with Crippen LogP contribution in [0, 0.1) is 5.82 Å². The molecule has 0 saturated carbocycles. The van der Waals surface area contributed by atoms with Crippen LogP contribution in [-0.4, -0.2) is 41.7 Å². The van der Waals surface area contributed by atoms with E-state index in [1.807, 2.05) is 6.26 Å². The van der Waals surface area contributed by atoms with Crippen molar-refractivity contribution in [2.24, 2.45) is 0 Å². The first-order valence-electron chi connectivity index (χ1n) is 5.91. The minimum Gasteiger partial charge on any atom is -0.388 e. The molecule has 4 nitrogen and oxygen atoms in total. The largest absolute Gasteiger partial charge is 0.388 e. The molecule has 1 aromatic rings. The highest BCUT2D eigenvalue weighted by atomic mass is 32.2. The molecule has 0 spiro atoms. The van der Waals surface area contributed by atoms with Gasteiger partial charge in [-0.1, -0.05) is 12.1 Å². The number of amides is 1. The van der Waals surface area contributed by atoms with Crippen molar-refractivity contribution < 1.29 is 14.3 Å². The maximum Gasteiger partial charge on any atom is 0.238 e. The molecule has 0 aliphatic heterocycles. The van der Waals surface area contributed by atoms with Crippen LogP contribution in [0.4, 0.5) is 10.1 Å². The second-order valence-electron chi connectivity index (χ2n) is 4.56. The van der Waals surface area contributed by atoms with Gasteiger partial charge in [0.05, 0.1) is 17.8 Å². The zero-order chi connectivity index (χ0) is 14.3. The number of benzene rings is 1. The van der Waals surface area contributed by atoms with Gasteiger partial charge in [0.15, 0.2) is 0 Å². The third-order valence-electron chi connectivity index (χ3n) is 2.39. The highest BCUT2D eigenvalue weighted by Gasteiger charge is 2.19. The SMILES string of the molecule is CSCC(C)(O)CNCC(=O)Nc1ccccc1F. The van der Waals surface area contributed by atoms with E-state index < -0.39 is 11.4 Å². The van der Waals surface area contributed by atoms with Crippen molar-refractivity contribution in [2.45, 2.75) is 12.5 Å². The maximum absolute atomic E-state index is 13.3. The molecular weight excluding hydrogens is 267 g/mol. The van der Waals surface area contributed by atoms with Gasteiger partial charge in [-0.2, -0.15) is 11.8 Å². The molecule has 3 N–H and O–H groups in total. The van der Waals surface area contributed by atoms with Gasteiger partial charge in [-0.15, -0.1) is 0 Å². The van der Waals surface area contributed by atoms with Crippen LogP contribution in [0.5, 0.6) is 0 Å². The summed E-state index contributed by atoms with van der Waals surface area (Å²) in [5.41, 5.74) is -0.706. The molecule has 1 unspecified atom stereocenters. The highest BCUT2D eigenvalue weighted by molar-refractivity contribution is 7.98. The molecule has 0 bridgehead atoms. The summed E-state index contributed by atoms with van der Waals surface area (Å²) >= 11 is 1.53. The van der Waals surface area contributed by atoms with E-state index in [1.165, 1.54) is 23.9 Å². The molecule has 0 fully saturated rings. The lowest BCUT2D eigenvalue weighted by atomic mass is 10.1. The lowest BCUT2D eigenvalue weighted by molar-refractivity contribution is -0.115. The van der Waals surface area contributed by atoms with E-state index in [4.69, 9.17) is 0 Å². The van der Waals surface area contributed by atoms with Crippen LogP contribution in [0.1, 0.15) is 6.92 Å². The Morgan fingerprint density at radius 3 is 2.79 bits per heavy atom. The van der Waals surface area contributed by atoms with E-state index in [0.717, 1.165) is 0 Å². The molecule has 19 heavy (non-hydrogen) atoms. The molecule has 1 amide bonds. The fourth-order valence-corrected chi connectivity index (χ4v) is 2.29. The predicted octanol–water partition coefficient (Wildman–Crippen LogP) is 1.47. The number of rotatable bonds is 7. The Balaban J connectivity index is 2.35. The van der Waals surface area contributed by atoms with Crippen LogP contribution in [0.25, 0.3) is 0 Å². The minimum atomic E-state index is -0.863. The Morgan fingerprint density at radius 2 is 2.16 bits per heavy atom. The third-order valence-corrected chi connectivity index (χ3v) is 3.31. The van der Waals surface area contributed by atoms with Crippen molar-refractivity contribution in [1.82, 2.24) is 5.32 Å². The Morgan fingerprint density at radius 1 is 1.47 bits per heavy atom. The Bertz CT molecular complexity index is 427. The lowest BCUT2D eigenvalue weighted by Crippen LogP contribution is -2.42. The normalized spacial score (nSPS) is 13.9. The highest BCUT2D eigenvalue weighted by Crippen LogP contribution is 2.12. The summed E-state index contributed by atoms with van der Waals surface area (Å²) in [6.45, 7) is 2.03. The Kier molecular flexibility index (Phi) is 6.27.